The van der Waals surface area contributed by atoms with Crippen LogP contribution in [0.4, 0.5) is 4.79 Å². The van der Waals surface area contributed by atoms with Gasteiger partial charge < -0.3 is 14.4 Å². The highest BCUT2D eigenvalue weighted by molar-refractivity contribution is 5.71. The van der Waals surface area contributed by atoms with Crippen molar-refractivity contribution >= 4 is 6.09 Å². The van der Waals surface area contributed by atoms with Crippen LogP contribution in [0, 0.1) is 0 Å². The summed E-state index contributed by atoms with van der Waals surface area (Å²) in [6.45, 7) is 13.1. The van der Waals surface area contributed by atoms with Gasteiger partial charge in [-0.05, 0) is 34.6 Å². The zero-order chi connectivity index (χ0) is 15.0. The summed E-state index contributed by atoms with van der Waals surface area (Å²) in [7, 11) is 0. The van der Waals surface area contributed by atoms with E-state index in [2.05, 4.69) is 18.7 Å². The van der Waals surface area contributed by atoms with Gasteiger partial charge in [0, 0.05) is 31.4 Å². The summed E-state index contributed by atoms with van der Waals surface area (Å²) >= 11 is 0. The minimum atomic E-state index is -0.470. The van der Waals surface area contributed by atoms with Crippen LogP contribution in [0.2, 0.25) is 0 Å². The molecule has 0 radical (unpaired) electrons. The van der Waals surface area contributed by atoms with E-state index < -0.39 is 5.60 Å². The molecule has 0 aromatic carbocycles. The predicted octanol–water partition coefficient (Wildman–Crippen LogP) is 2.58. The van der Waals surface area contributed by atoms with Gasteiger partial charge in [-0.3, -0.25) is 4.90 Å². The Morgan fingerprint density at radius 2 is 1.90 bits per heavy atom. The standard InChI is InChI=1S/C15H26N2O3/c1-14(2,3)20-13(18)17-11-12(10-15(17,4)5)16-6-8-19-9-7-16/h11H,6-10H2,1-5H3. The Kier molecular flexibility index (Phi) is 4.00. The number of carbonyl (C=O) groups is 1. The smallest absolute Gasteiger partial charge is 0.414 e. The fourth-order valence-electron chi connectivity index (χ4n) is 2.55. The van der Waals surface area contributed by atoms with Gasteiger partial charge in [0.25, 0.3) is 0 Å². The van der Waals surface area contributed by atoms with E-state index in [4.69, 9.17) is 9.47 Å². The second kappa shape index (κ2) is 5.28. The van der Waals surface area contributed by atoms with E-state index in [0.29, 0.717) is 0 Å². The number of rotatable bonds is 1. The third kappa shape index (κ3) is 3.45. The van der Waals surface area contributed by atoms with Crippen molar-refractivity contribution in [1.29, 1.82) is 0 Å². The fourth-order valence-corrected chi connectivity index (χ4v) is 2.55. The maximum absolute atomic E-state index is 12.3. The van der Waals surface area contributed by atoms with E-state index in [1.807, 2.05) is 27.0 Å². The van der Waals surface area contributed by atoms with Crippen molar-refractivity contribution in [2.75, 3.05) is 26.3 Å². The largest absolute Gasteiger partial charge is 0.443 e. The number of carbonyl (C=O) groups excluding carboxylic acids is 1. The van der Waals surface area contributed by atoms with E-state index in [-0.39, 0.29) is 11.6 Å². The van der Waals surface area contributed by atoms with Gasteiger partial charge in [0.1, 0.15) is 5.60 Å². The molecule has 5 heteroatoms. The molecule has 0 saturated carbocycles. The van der Waals surface area contributed by atoms with E-state index in [9.17, 15) is 4.79 Å². The topological polar surface area (TPSA) is 42.0 Å². The van der Waals surface area contributed by atoms with Crippen molar-refractivity contribution < 1.29 is 14.3 Å². The number of hydrogen-bond donors (Lipinski definition) is 0. The summed E-state index contributed by atoms with van der Waals surface area (Å²) in [6, 6.07) is 0. The first-order valence-corrected chi connectivity index (χ1v) is 7.25. The van der Waals surface area contributed by atoms with Crippen LogP contribution in [0.3, 0.4) is 0 Å². The number of hydrogen-bond acceptors (Lipinski definition) is 4. The van der Waals surface area contributed by atoms with Crippen LogP contribution >= 0.6 is 0 Å². The highest BCUT2D eigenvalue weighted by atomic mass is 16.6. The Labute approximate surface area is 121 Å². The van der Waals surface area contributed by atoms with Crippen LogP contribution in [0.15, 0.2) is 11.9 Å². The van der Waals surface area contributed by atoms with Gasteiger partial charge in [-0.2, -0.15) is 0 Å². The molecular formula is C15H26N2O3. The average molecular weight is 282 g/mol. The van der Waals surface area contributed by atoms with Crippen molar-refractivity contribution in [2.45, 2.75) is 52.2 Å². The first kappa shape index (κ1) is 15.2. The average Bonchev–Trinajstić information content (AvgIpc) is 2.64. The summed E-state index contributed by atoms with van der Waals surface area (Å²) in [4.78, 5) is 16.3. The quantitative estimate of drug-likeness (QED) is 0.741. The van der Waals surface area contributed by atoms with E-state index in [1.165, 1.54) is 5.70 Å². The van der Waals surface area contributed by atoms with Gasteiger partial charge in [-0.1, -0.05) is 0 Å². The van der Waals surface area contributed by atoms with Crippen molar-refractivity contribution in [3.05, 3.63) is 11.9 Å². The minimum absolute atomic E-state index is 0.240. The molecule has 114 valence electrons. The monoisotopic (exact) mass is 282 g/mol. The lowest BCUT2D eigenvalue weighted by Crippen LogP contribution is -2.43. The molecule has 0 aromatic heterocycles. The van der Waals surface area contributed by atoms with Gasteiger partial charge >= 0.3 is 6.09 Å². The fraction of sp³-hybridized carbons (Fsp3) is 0.800. The molecule has 0 unspecified atom stereocenters. The number of amides is 1. The Balaban J connectivity index is 2.10. The van der Waals surface area contributed by atoms with Gasteiger partial charge in [-0.25, -0.2) is 4.79 Å². The van der Waals surface area contributed by atoms with Crippen LogP contribution in [-0.4, -0.2) is 53.3 Å². The second-order valence-corrected chi connectivity index (χ2v) is 7.06. The Morgan fingerprint density at radius 3 is 2.45 bits per heavy atom. The number of morpholine rings is 1. The zero-order valence-electron chi connectivity index (χ0n) is 13.2. The van der Waals surface area contributed by atoms with E-state index >= 15 is 0 Å². The number of nitrogens with zero attached hydrogens (tertiary/aromatic N) is 2. The van der Waals surface area contributed by atoms with Crippen LogP contribution < -0.4 is 0 Å². The molecule has 1 fully saturated rings. The van der Waals surface area contributed by atoms with Crippen LogP contribution in [0.5, 0.6) is 0 Å². The molecule has 5 nitrogen and oxygen atoms in total. The Bertz CT molecular complexity index is 404. The molecule has 2 rings (SSSR count). The second-order valence-electron chi connectivity index (χ2n) is 7.06. The van der Waals surface area contributed by atoms with Crippen LogP contribution in [0.25, 0.3) is 0 Å². The molecule has 1 saturated heterocycles. The lowest BCUT2D eigenvalue weighted by atomic mass is 10.0. The molecule has 0 bridgehead atoms. The predicted molar refractivity (Wildman–Crippen MR) is 77.2 cm³/mol. The summed E-state index contributed by atoms with van der Waals surface area (Å²) in [5.74, 6) is 0. The molecule has 0 aliphatic carbocycles. The normalized spacial score (nSPS) is 22.8. The molecule has 20 heavy (non-hydrogen) atoms. The molecule has 0 atom stereocenters. The Hall–Kier alpha value is -1.23. The molecular weight excluding hydrogens is 256 g/mol. The summed E-state index contributed by atoms with van der Waals surface area (Å²) in [5.41, 5.74) is 0.489. The first-order chi connectivity index (χ1) is 9.19. The molecule has 2 heterocycles. The highest BCUT2D eigenvalue weighted by Gasteiger charge is 2.40. The van der Waals surface area contributed by atoms with Gasteiger partial charge in [0.2, 0.25) is 0 Å². The molecule has 0 spiro atoms. The lowest BCUT2D eigenvalue weighted by Gasteiger charge is -2.33. The first-order valence-electron chi connectivity index (χ1n) is 7.25. The molecule has 0 N–H and O–H groups in total. The summed E-state index contributed by atoms with van der Waals surface area (Å²) in [6.07, 6.45) is 2.52. The molecule has 1 amide bonds. The van der Waals surface area contributed by atoms with Crippen molar-refractivity contribution in [3.8, 4) is 0 Å². The van der Waals surface area contributed by atoms with Crippen LogP contribution in [0.1, 0.15) is 41.0 Å². The van der Waals surface area contributed by atoms with Crippen molar-refractivity contribution in [1.82, 2.24) is 9.80 Å². The van der Waals surface area contributed by atoms with Gasteiger partial charge in [0.15, 0.2) is 0 Å². The highest BCUT2D eigenvalue weighted by Crippen LogP contribution is 2.34. The summed E-state index contributed by atoms with van der Waals surface area (Å²) in [5, 5.41) is 0. The lowest BCUT2D eigenvalue weighted by molar-refractivity contribution is 0.0203. The summed E-state index contributed by atoms with van der Waals surface area (Å²) < 4.78 is 10.9. The molecule has 0 aromatic rings. The third-order valence-electron chi connectivity index (χ3n) is 3.55. The van der Waals surface area contributed by atoms with E-state index in [1.54, 1.807) is 4.90 Å². The maximum Gasteiger partial charge on any atom is 0.414 e. The molecule has 2 aliphatic heterocycles. The SMILES string of the molecule is CC(C)(C)OC(=O)N1C=C(N2CCOCC2)CC1(C)C. The van der Waals surface area contributed by atoms with Crippen LogP contribution in [-0.2, 0) is 9.47 Å². The van der Waals surface area contributed by atoms with Crippen molar-refractivity contribution in [3.63, 3.8) is 0 Å². The third-order valence-corrected chi connectivity index (χ3v) is 3.55. The molecule has 2 aliphatic rings. The minimum Gasteiger partial charge on any atom is -0.443 e. The van der Waals surface area contributed by atoms with Crippen molar-refractivity contribution in [2.24, 2.45) is 0 Å². The van der Waals surface area contributed by atoms with E-state index in [0.717, 1.165) is 32.7 Å². The van der Waals surface area contributed by atoms with Gasteiger partial charge in [-0.15, -0.1) is 0 Å². The van der Waals surface area contributed by atoms with Gasteiger partial charge in [0.05, 0.1) is 18.8 Å². The Morgan fingerprint density at radius 1 is 1.30 bits per heavy atom. The zero-order valence-corrected chi connectivity index (χ0v) is 13.2. The maximum atomic E-state index is 12.3. The number of ether oxygens (including phenoxy) is 2.